The maximum absolute atomic E-state index is 7.17. The van der Waals surface area contributed by atoms with Crippen molar-refractivity contribution in [1.82, 2.24) is 0 Å². The molecule has 0 atom stereocenters. The van der Waals surface area contributed by atoms with Crippen LogP contribution < -0.4 is 4.90 Å². The van der Waals surface area contributed by atoms with Crippen LogP contribution in [0.5, 0.6) is 0 Å². The van der Waals surface area contributed by atoms with Gasteiger partial charge in [-0.2, -0.15) is 0 Å². The van der Waals surface area contributed by atoms with Crippen LogP contribution in [0.4, 0.5) is 17.1 Å². The summed E-state index contributed by atoms with van der Waals surface area (Å²) in [5.41, 5.74) is 9.50. The predicted octanol–water partition coefficient (Wildman–Crippen LogP) is 12.1. The van der Waals surface area contributed by atoms with E-state index in [1.165, 1.54) is 16.7 Å². The molecule has 0 N–H and O–H groups in total. The van der Waals surface area contributed by atoms with Gasteiger partial charge in [-0.05, 0) is 90.3 Å². The second-order valence-corrected chi connectivity index (χ2v) is 14.7. The molecule has 0 radical (unpaired) electrons. The molecule has 4 aromatic carbocycles. The van der Waals surface area contributed by atoms with Crippen LogP contribution in [0.25, 0.3) is 11.1 Å². The quantitative estimate of drug-likeness (QED) is 0.224. The maximum atomic E-state index is 7.17. The summed E-state index contributed by atoms with van der Waals surface area (Å²) in [6, 6.07) is 30.8. The Kier molecular flexibility index (Phi) is 8.14. The minimum absolute atomic E-state index is 0.0859. The Bertz CT molecular complexity index is 1370. The fourth-order valence-electron chi connectivity index (χ4n) is 4.73. The molecular weight excluding hydrogens is 562 g/mol. The highest BCUT2D eigenvalue weighted by Gasteiger charge is 2.22. The molecule has 0 bridgehead atoms. The van der Waals surface area contributed by atoms with Gasteiger partial charge in [0.1, 0.15) is 0 Å². The molecule has 3 heteroatoms. The van der Waals surface area contributed by atoms with Gasteiger partial charge in [0.05, 0.1) is 10.7 Å². The number of hydrogen-bond acceptors (Lipinski definition) is 1. The van der Waals surface area contributed by atoms with Crippen molar-refractivity contribution in [3.8, 4) is 11.1 Å². The molecule has 39 heavy (non-hydrogen) atoms. The van der Waals surface area contributed by atoms with Crippen molar-refractivity contribution < 1.29 is 0 Å². The number of rotatable bonds is 4. The van der Waals surface area contributed by atoms with E-state index in [9.17, 15) is 0 Å². The first-order chi connectivity index (χ1) is 18.1. The molecule has 0 heterocycles. The molecule has 0 fully saturated rings. The number of anilines is 3. The van der Waals surface area contributed by atoms with Crippen molar-refractivity contribution in [1.29, 1.82) is 0 Å². The van der Waals surface area contributed by atoms with Gasteiger partial charge in [0.25, 0.3) is 0 Å². The van der Waals surface area contributed by atoms with Crippen molar-refractivity contribution in [3.05, 3.63) is 111 Å². The van der Waals surface area contributed by atoms with Crippen molar-refractivity contribution in [2.24, 2.45) is 0 Å². The van der Waals surface area contributed by atoms with Crippen LogP contribution in [0.2, 0.25) is 5.02 Å². The fraction of sp³-hybridized carbons (Fsp3) is 0.333. The number of halogens is 2. The van der Waals surface area contributed by atoms with E-state index in [4.69, 9.17) is 11.6 Å². The largest absolute Gasteiger partial charge is 0.309 e. The first-order valence-corrected chi connectivity index (χ1v) is 14.8. The lowest BCUT2D eigenvalue weighted by atomic mass is 9.86. The summed E-state index contributed by atoms with van der Waals surface area (Å²) >= 11 is 11.0. The van der Waals surface area contributed by atoms with E-state index in [0.717, 1.165) is 32.7 Å². The Hall–Kier alpha value is -2.55. The number of nitrogens with zero attached hydrogens (tertiary/aromatic N) is 1. The summed E-state index contributed by atoms with van der Waals surface area (Å²) in [5, 5.41) is 0.687. The molecule has 0 amide bonds. The van der Waals surface area contributed by atoms with Gasteiger partial charge in [-0.25, -0.2) is 0 Å². The average Bonchev–Trinajstić information content (AvgIpc) is 2.86. The summed E-state index contributed by atoms with van der Waals surface area (Å²) in [7, 11) is 0. The Morgan fingerprint density at radius 3 is 1.23 bits per heavy atom. The van der Waals surface area contributed by atoms with Gasteiger partial charge >= 0.3 is 0 Å². The molecule has 4 aromatic rings. The highest BCUT2D eigenvalue weighted by molar-refractivity contribution is 9.10. The highest BCUT2D eigenvalue weighted by atomic mass is 79.9. The maximum Gasteiger partial charge on any atom is 0.0794 e. The van der Waals surface area contributed by atoms with E-state index < -0.39 is 0 Å². The van der Waals surface area contributed by atoms with Gasteiger partial charge in [-0.15, -0.1) is 0 Å². The number of benzene rings is 4. The van der Waals surface area contributed by atoms with Crippen molar-refractivity contribution in [2.45, 2.75) is 78.6 Å². The van der Waals surface area contributed by atoms with Gasteiger partial charge in [0, 0.05) is 15.8 Å². The van der Waals surface area contributed by atoms with Crippen LogP contribution in [0, 0.1) is 0 Å². The summed E-state index contributed by atoms with van der Waals surface area (Å²) in [6.45, 7) is 20.2. The zero-order valence-corrected chi connectivity index (χ0v) is 27.1. The van der Waals surface area contributed by atoms with E-state index >= 15 is 0 Å². The lowest BCUT2D eigenvalue weighted by Gasteiger charge is -2.29. The van der Waals surface area contributed by atoms with Crippen molar-refractivity contribution >= 4 is 44.6 Å². The summed E-state index contributed by atoms with van der Waals surface area (Å²) in [6.07, 6.45) is 0. The van der Waals surface area contributed by atoms with Crippen molar-refractivity contribution in [3.63, 3.8) is 0 Å². The van der Waals surface area contributed by atoms with E-state index in [1.54, 1.807) is 0 Å². The van der Waals surface area contributed by atoms with Gasteiger partial charge in [0.15, 0.2) is 0 Å². The van der Waals surface area contributed by atoms with Crippen LogP contribution in [0.3, 0.4) is 0 Å². The Morgan fingerprint density at radius 1 is 0.513 bits per heavy atom. The molecule has 204 valence electrons. The van der Waals surface area contributed by atoms with Gasteiger partial charge < -0.3 is 4.90 Å². The van der Waals surface area contributed by atoms with E-state index in [-0.39, 0.29) is 16.2 Å². The fourth-order valence-corrected chi connectivity index (χ4v) is 5.55. The Labute approximate surface area is 249 Å². The lowest BCUT2D eigenvalue weighted by molar-refractivity contribution is 0.590. The summed E-state index contributed by atoms with van der Waals surface area (Å²) in [4.78, 5) is 2.25. The van der Waals surface area contributed by atoms with E-state index in [2.05, 4.69) is 168 Å². The third-order valence-electron chi connectivity index (χ3n) is 7.35. The van der Waals surface area contributed by atoms with Gasteiger partial charge in [-0.3, -0.25) is 0 Å². The molecule has 0 unspecified atom stereocenters. The second-order valence-electron chi connectivity index (χ2n) is 13.5. The SMILES string of the molecule is CC(C)(C)c1ccc(-c2ccc(N(c3ccc(C(C)(C)C)cc3)c3ccc(C(C)(C)C)cc3)c(Cl)c2Br)cc1. The average molecular weight is 603 g/mol. The molecule has 0 saturated carbocycles. The first-order valence-electron chi connectivity index (χ1n) is 13.7. The van der Waals surface area contributed by atoms with E-state index in [0.29, 0.717) is 5.02 Å². The second kappa shape index (κ2) is 10.8. The third kappa shape index (κ3) is 6.44. The molecule has 0 saturated heterocycles. The van der Waals surface area contributed by atoms with Crippen LogP contribution >= 0.6 is 27.5 Å². The molecular formula is C36H41BrClN. The molecule has 0 aliphatic heterocycles. The molecule has 0 spiro atoms. The standard InChI is InChI=1S/C36H41BrClN/c1-34(2,3)25-12-10-24(11-13-25)30-22-23-31(33(38)32(30)37)39(28-18-14-26(15-19-28)35(4,5)6)29-20-16-27(17-21-29)36(7,8)9/h10-23H,1-9H3. The smallest absolute Gasteiger partial charge is 0.0794 e. The monoisotopic (exact) mass is 601 g/mol. The highest BCUT2D eigenvalue weighted by Crippen LogP contribution is 2.46. The summed E-state index contributed by atoms with van der Waals surface area (Å²) < 4.78 is 0.896. The Morgan fingerprint density at radius 2 is 0.872 bits per heavy atom. The molecule has 0 aliphatic carbocycles. The minimum atomic E-state index is 0.0859. The minimum Gasteiger partial charge on any atom is -0.309 e. The Balaban J connectivity index is 1.82. The molecule has 0 aromatic heterocycles. The normalized spacial score (nSPS) is 12.5. The zero-order chi connectivity index (χ0) is 28.8. The zero-order valence-electron chi connectivity index (χ0n) is 24.8. The topological polar surface area (TPSA) is 3.24 Å². The van der Waals surface area contributed by atoms with Crippen LogP contribution in [0.1, 0.15) is 79.0 Å². The van der Waals surface area contributed by atoms with Gasteiger partial charge in [-0.1, -0.05) is 129 Å². The summed E-state index contributed by atoms with van der Waals surface area (Å²) in [5.74, 6) is 0. The molecule has 0 aliphatic rings. The van der Waals surface area contributed by atoms with Gasteiger partial charge in [0.2, 0.25) is 0 Å². The van der Waals surface area contributed by atoms with Crippen molar-refractivity contribution in [2.75, 3.05) is 4.90 Å². The molecule has 4 rings (SSSR count). The number of hydrogen-bond donors (Lipinski definition) is 0. The van der Waals surface area contributed by atoms with Crippen LogP contribution in [0.15, 0.2) is 89.4 Å². The molecule has 1 nitrogen and oxygen atoms in total. The van der Waals surface area contributed by atoms with Crippen LogP contribution in [-0.4, -0.2) is 0 Å². The predicted molar refractivity (Wildman–Crippen MR) is 175 cm³/mol. The van der Waals surface area contributed by atoms with Crippen LogP contribution in [-0.2, 0) is 16.2 Å². The lowest BCUT2D eigenvalue weighted by Crippen LogP contribution is -2.14. The van der Waals surface area contributed by atoms with E-state index in [1.807, 2.05) is 0 Å². The first kappa shape index (κ1) is 29.4. The third-order valence-corrected chi connectivity index (χ3v) is 8.78.